The molecule has 0 fully saturated rings. The van der Waals surface area contributed by atoms with Gasteiger partial charge in [0.25, 0.3) is 5.91 Å². The van der Waals surface area contributed by atoms with Crippen molar-refractivity contribution in [2.75, 3.05) is 32.8 Å². The van der Waals surface area contributed by atoms with E-state index < -0.39 is 17.7 Å². The fourth-order valence-corrected chi connectivity index (χ4v) is 5.02. The maximum Gasteiger partial charge on any atom is 0.254 e. The molecule has 0 bridgehead atoms. The first-order chi connectivity index (χ1) is 17.7. The van der Waals surface area contributed by atoms with Gasteiger partial charge in [-0.1, -0.05) is 40.2 Å². The second-order valence-corrected chi connectivity index (χ2v) is 10.2. The molecule has 196 valence electrons. The van der Waals surface area contributed by atoms with Crippen molar-refractivity contribution in [3.05, 3.63) is 64.6 Å². The summed E-state index contributed by atoms with van der Waals surface area (Å²) in [7, 11) is 4.85. The number of amides is 2. The summed E-state index contributed by atoms with van der Waals surface area (Å²) in [5, 5.41) is 7.81. The summed E-state index contributed by atoms with van der Waals surface area (Å²) in [5.41, 5.74) is 0.289. The van der Waals surface area contributed by atoms with Gasteiger partial charge in [0, 0.05) is 17.1 Å². The van der Waals surface area contributed by atoms with Gasteiger partial charge in [-0.25, -0.2) is 0 Å². The molecule has 8 nitrogen and oxygen atoms in total. The first kappa shape index (κ1) is 26.9. The highest BCUT2D eigenvalue weighted by Crippen LogP contribution is 2.40. The van der Waals surface area contributed by atoms with Crippen molar-refractivity contribution in [1.29, 1.82) is 0 Å². The maximum atomic E-state index is 14.3. The zero-order chi connectivity index (χ0) is 26.7. The van der Waals surface area contributed by atoms with Crippen molar-refractivity contribution < 1.29 is 23.8 Å². The Balaban J connectivity index is 1.87. The summed E-state index contributed by atoms with van der Waals surface area (Å²) < 4.78 is 18.6. The van der Waals surface area contributed by atoms with Crippen LogP contribution in [-0.4, -0.2) is 57.4 Å². The molecule has 3 aromatic rings. The van der Waals surface area contributed by atoms with Crippen LogP contribution in [0.1, 0.15) is 19.4 Å². The van der Waals surface area contributed by atoms with Gasteiger partial charge < -0.3 is 29.7 Å². The standard InChI is InChI=1S/C28H32BrN3O5/c1-17(30-3)26(33)31-25-27(34)32(22-8-6-7-9-24(22)37-28(25,2)16-35-4)15-21-20-12-11-19(29)14-18(20)10-13-23(21)36-5/h6-14,17,25,30H,15-16H2,1-5H3,(H,31,33)/t17-,25+,28-/m0/s1. The number of hydrogen-bond donors (Lipinski definition) is 2. The molecular formula is C28H32BrN3O5. The minimum Gasteiger partial charge on any atom is -0.496 e. The number of benzene rings is 3. The van der Waals surface area contributed by atoms with Crippen LogP contribution in [0.3, 0.4) is 0 Å². The molecule has 9 heteroatoms. The normalized spacial score (nSPS) is 20.1. The lowest BCUT2D eigenvalue weighted by Crippen LogP contribution is -2.64. The largest absolute Gasteiger partial charge is 0.496 e. The van der Waals surface area contributed by atoms with Gasteiger partial charge in [-0.05, 0) is 62.0 Å². The van der Waals surface area contributed by atoms with Gasteiger partial charge in [-0.2, -0.15) is 0 Å². The van der Waals surface area contributed by atoms with E-state index in [0.29, 0.717) is 17.2 Å². The smallest absolute Gasteiger partial charge is 0.254 e. The molecule has 3 atom stereocenters. The molecule has 0 aromatic heterocycles. The number of carbonyl (C=O) groups excluding carboxylic acids is 2. The van der Waals surface area contributed by atoms with Gasteiger partial charge in [0.05, 0.1) is 32.0 Å². The number of ether oxygens (including phenoxy) is 3. The Morgan fingerprint density at radius 3 is 2.65 bits per heavy atom. The molecule has 4 rings (SSSR count). The number of halogens is 1. The molecule has 1 aliphatic rings. The molecule has 2 N–H and O–H groups in total. The first-order valence-electron chi connectivity index (χ1n) is 12.0. The van der Waals surface area contributed by atoms with E-state index in [4.69, 9.17) is 14.2 Å². The fourth-order valence-electron chi connectivity index (χ4n) is 4.65. The van der Waals surface area contributed by atoms with E-state index in [2.05, 4.69) is 26.6 Å². The molecule has 0 saturated heterocycles. The highest BCUT2D eigenvalue weighted by atomic mass is 79.9. The molecule has 1 aliphatic heterocycles. The van der Waals surface area contributed by atoms with E-state index in [-0.39, 0.29) is 25.0 Å². The summed E-state index contributed by atoms with van der Waals surface area (Å²) in [6, 6.07) is 15.7. The van der Waals surface area contributed by atoms with Crippen LogP contribution in [-0.2, 0) is 20.9 Å². The fraction of sp³-hybridized carbons (Fsp3) is 0.357. The third-order valence-electron chi connectivity index (χ3n) is 6.75. The average Bonchev–Trinajstić information content (AvgIpc) is 2.97. The summed E-state index contributed by atoms with van der Waals surface area (Å²) in [5.74, 6) is 0.563. The molecule has 0 radical (unpaired) electrons. The number of hydrogen-bond acceptors (Lipinski definition) is 6. The topological polar surface area (TPSA) is 89.1 Å². The van der Waals surface area contributed by atoms with Crippen molar-refractivity contribution in [3.8, 4) is 11.5 Å². The molecule has 0 saturated carbocycles. The molecule has 2 amide bonds. The van der Waals surface area contributed by atoms with Crippen LogP contribution in [0.15, 0.2) is 59.1 Å². The number of rotatable bonds is 8. The Hall–Kier alpha value is -3.14. The lowest BCUT2D eigenvalue weighted by Gasteiger charge is -2.36. The minimum absolute atomic E-state index is 0.0887. The van der Waals surface area contributed by atoms with Crippen molar-refractivity contribution in [3.63, 3.8) is 0 Å². The third kappa shape index (κ3) is 5.30. The third-order valence-corrected chi connectivity index (χ3v) is 7.25. The number of nitrogens with one attached hydrogen (secondary N) is 2. The lowest BCUT2D eigenvalue weighted by atomic mass is 9.94. The van der Waals surface area contributed by atoms with E-state index in [0.717, 1.165) is 20.8 Å². The number of anilines is 1. The molecule has 1 heterocycles. The van der Waals surface area contributed by atoms with Gasteiger partial charge in [0.2, 0.25) is 5.91 Å². The van der Waals surface area contributed by atoms with Gasteiger partial charge in [0.15, 0.2) is 11.6 Å². The number of likely N-dealkylation sites (N-methyl/N-ethyl adjacent to an activating group) is 1. The molecule has 3 aromatic carbocycles. The molecule has 0 spiro atoms. The van der Waals surface area contributed by atoms with Crippen molar-refractivity contribution in [1.82, 2.24) is 10.6 Å². The SMILES string of the molecule is CN[C@@H](C)C(=O)N[C@@H]1C(=O)N(Cc2c(OC)ccc3cc(Br)ccc23)c2ccccc2O[C@@]1(C)COC. The van der Waals surface area contributed by atoms with Crippen molar-refractivity contribution in [2.45, 2.75) is 38.1 Å². The number of nitrogens with zero attached hydrogens (tertiary/aromatic N) is 1. The summed E-state index contributed by atoms with van der Waals surface area (Å²) in [6.45, 7) is 3.81. The number of fused-ring (bicyclic) bond motifs is 2. The van der Waals surface area contributed by atoms with E-state index in [9.17, 15) is 9.59 Å². The molecule has 0 unspecified atom stereocenters. The van der Waals surface area contributed by atoms with E-state index >= 15 is 0 Å². The van der Waals surface area contributed by atoms with Gasteiger partial charge in [0.1, 0.15) is 11.5 Å². The van der Waals surface area contributed by atoms with Crippen LogP contribution < -0.4 is 25.0 Å². The Morgan fingerprint density at radius 1 is 1.19 bits per heavy atom. The van der Waals surface area contributed by atoms with Crippen molar-refractivity contribution in [2.24, 2.45) is 0 Å². The predicted octanol–water partition coefficient (Wildman–Crippen LogP) is 4.03. The van der Waals surface area contributed by atoms with Crippen LogP contribution in [0, 0.1) is 0 Å². The Labute approximate surface area is 225 Å². The number of para-hydroxylation sites is 2. The van der Waals surface area contributed by atoms with Crippen LogP contribution in [0.2, 0.25) is 0 Å². The van der Waals surface area contributed by atoms with Gasteiger partial charge in [-0.3, -0.25) is 9.59 Å². The van der Waals surface area contributed by atoms with E-state index in [1.165, 1.54) is 0 Å². The highest BCUT2D eigenvalue weighted by molar-refractivity contribution is 9.10. The summed E-state index contributed by atoms with van der Waals surface area (Å²) in [6.07, 6.45) is 0. The van der Waals surface area contributed by atoms with Crippen molar-refractivity contribution >= 4 is 44.2 Å². The van der Waals surface area contributed by atoms with Gasteiger partial charge in [-0.15, -0.1) is 0 Å². The zero-order valence-corrected chi connectivity index (χ0v) is 23.2. The van der Waals surface area contributed by atoms with Crippen LogP contribution in [0.25, 0.3) is 10.8 Å². The predicted molar refractivity (Wildman–Crippen MR) is 147 cm³/mol. The Morgan fingerprint density at radius 2 is 1.95 bits per heavy atom. The number of carbonyl (C=O) groups is 2. The second kappa shape index (κ2) is 11.1. The average molecular weight is 570 g/mol. The summed E-state index contributed by atoms with van der Waals surface area (Å²) in [4.78, 5) is 29.0. The number of methoxy groups -OCH3 is 2. The maximum absolute atomic E-state index is 14.3. The zero-order valence-electron chi connectivity index (χ0n) is 21.6. The van der Waals surface area contributed by atoms with Crippen LogP contribution >= 0.6 is 15.9 Å². The monoisotopic (exact) mass is 569 g/mol. The summed E-state index contributed by atoms with van der Waals surface area (Å²) >= 11 is 3.54. The lowest BCUT2D eigenvalue weighted by molar-refractivity contribution is -0.135. The molecule has 37 heavy (non-hydrogen) atoms. The molecular weight excluding hydrogens is 538 g/mol. The minimum atomic E-state index is -1.16. The first-order valence-corrected chi connectivity index (χ1v) is 12.8. The van der Waals surface area contributed by atoms with Crippen LogP contribution in [0.5, 0.6) is 11.5 Å². The molecule has 0 aliphatic carbocycles. The highest BCUT2D eigenvalue weighted by Gasteiger charge is 2.48. The Bertz CT molecular complexity index is 1320. The van der Waals surface area contributed by atoms with E-state index in [1.54, 1.807) is 40.0 Å². The second-order valence-electron chi connectivity index (χ2n) is 9.30. The van der Waals surface area contributed by atoms with Gasteiger partial charge >= 0.3 is 0 Å². The van der Waals surface area contributed by atoms with Crippen LogP contribution in [0.4, 0.5) is 5.69 Å². The van der Waals surface area contributed by atoms with E-state index in [1.807, 2.05) is 54.6 Å². The Kier molecular flexibility index (Phi) is 8.06. The quantitative estimate of drug-likeness (QED) is 0.425.